The van der Waals surface area contributed by atoms with Crippen molar-refractivity contribution in [2.24, 2.45) is 7.05 Å². The van der Waals surface area contributed by atoms with Crippen molar-refractivity contribution in [3.05, 3.63) is 97.7 Å². The molecule has 7 heteroatoms. The number of rotatable bonds is 5. The number of H-pyrrole nitrogens is 1. The summed E-state index contributed by atoms with van der Waals surface area (Å²) >= 11 is 6.28. The van der Waals surface area contributed by atoms with Gasteiger partial charge < -0.3 is 4.57 Å². The minimum atomic E-state index is -0.230. The molecule has 0 aliphatic heterocycles. The van der Waals surface area contributed by atoms with E-state index >= 15 is 0 Å². The van der Waals surface area contributed by atoms with Crippen molar-refractivity contribution in [2.75, 3.05) is 7.05 Å². The van der Waals surface area contributed by atoms with Gasteiger partial charge in [0.15, 0.2) is 0 Å². The van der Waals surface area contributed by atoms with Crippen molar-refractivity contribution < 1.29 is 0 Å². The fraction of sp³-hybridized carbons (Fsp3) is 0.182. The number of nitrogens with zero attached hydrogens (tertiary/aromatic N) is 3. The Morgan fingerprint density at radius 2 is 1.69 bits per heavy atom. The summed E-state index contributed by atoms with van der Waals surface area (Å²) in [5, 5.41) is 3.99. The summed E-state index contributed by atoms with van der Waals surface area (Å²) in [6.07, 6.45) is 0. The molecular formula is C22H21ClN4O2. The van der Waals surface area contributed by atoms with Crippen molar-refractivity contribution in [1.82, 2.24) is 19.2 Å². The maximum absolute atomic E-state index is 13.2. The Kier molecular flexibility index (Phi) is 5.13. The number of hydrogen-bond acceptors (Lipinski definition) is 3. The summed E-state index contributed by atoms with van der Waals surface area (Å²) in [6, 6.07) is 18.6. The van der Waals surface area contributed by atoms with Gasteiger partial charge in [-0.3, -0.25) is 19.6 Å². The van der Waals surface area contributed by atoms with Crippen LogP contribution in [0.4, 0.5) is 0 Å². The minimum Gasteiger partial charge on any atom is -0.313 e. The highest BCUT2D eigenvalue weighted by Crippen LogP contribution is 2.20. The highest BCUT2D eigenvalue weighted by Gasteiger charge is 2.18. The molecule has 2 heterocycles. The van der Waals surface area contributed by atoms with Gasteiger partial charge in [-0.05, 0) is 24.7 Å². The molecule has 2 aromatic heterocycles. The smallest absolute Gasteiger partial charge is 0.280 e. The number of pyridine rings is 1. The Balaban J connectivity index is 1.81. The molecule has 4 aromatic rings. The van der Waals surface area contributed by atoms with Gasteiger partial charge >= 0.3 is 0 Å². The van der Waals surface area contributed by atoms with Gasteiger partial charge in [0.05, 0.1) is 21.6 Å². The quantitative estimate of drug-likeness (QED) is 0.551. The highest BCUT2D eigenvalue weighted by atomic mass is 35.5. The SMILES string of the molecule is CN(Cc1ccccc1)Cc1c2c(=O)n(-c3ccccc3Cl)[nH]c2cc(=O)n1C. The van der Waals surface area contributed by atoms with Crippen LogP contribution in [0.2, 0.25) is 5.02 Å². The Morgan fingerprint density at radius 3 is 2.41 bits per heavy atom. The molecule has 0 aliphatic carbocycles. The summed E-state index contributed by atoms with van der Waals surface area (Å²) in [5.74, 6) is 0. The molecule has 0 atom stereocenters. The van der Waals surface area contributed by atoms with Crippen molar-refractivity contribution in [1.29, 1.82) is 0 Å². The maximum atomic E-state index is 13.2. The zero-order valence-corrected chi connectivity index (χ0v) is 17.0. The topological polar surface area (TPSA) is 63.0 Å². The van der Waals surface area contributed by atoms with Gasteiger partial charge in [-0.15, -0.1) is 0 Å². The van der Waals surface area contributed by atoms with E-state index in [1.807, 2.05) is 31.3 Å². The Hall–Kier alpha value is -3.09. The molecule has 0 spiro atoms. The lowest BCUT2D eigenvalue weighted by molar-refractivity contribution is 0.311. The van der Waals surface area contributed by atoms with Crippen LogP contribution < -0.4 is 11.1 Å². The van der Waals surface area contributed by atoms with Crippen molar-refractivity contribution in [3.8, 4) is 5.69 Å². The third kappa shape index (κ3) is 3.64. The third-order valence-corrected chi connectivity index (χ3v) is 5.34. The van der Waals surface area contributed by atoms with Crippen LogP contribution in [0.1, 0.15) is 11.3 Å². The van der Waals surface area contributed by atoms with Crippen LogP contribution in [0.3, 0.4) is 0 Å². The maximum Gasteiger partial charge on any atom is 0.280 e. The minimum absolute atomic E-state index is 0.173. The fourth-order valence-electron chi connectivity index (χ4n) is 3.55. The molecule has 0 aliphatic rings. The Labute approximate surface area is 172 Å². The summed E-state index contributed by atoms with van der Waals surface area (Å²) in [6.45, 7) is 1.15. The molecular weight excluding hydrogens is 388 g/mol. The fourth-order valence-corrected chi connectivity index (χ4v) is 3.77. The molecule has 2 aromatic carbocycles. The summed E-state index contributed by atoms with van der Waals surface area (Å²) in [7, 11) is 3.66. The van der Waals surface area contributed by atoms with E-state index in [2.05, 4.69) is 22.1 Å². The van der Waals surface area contributed by atoms with E-state index < -0.39 is 0 Å². The molecule has 0 saturated carbocycles. The standard InChI is InChI=1S/C22H21ClN4O2/c1-25(13-15-8-4-3-5-9-15)14-19-21-17(12-20(28)26(19)2)24-27(22(21)29)18-11-7-6-10-16(18)23/h3-12,24H,13-14H2,1-2H3. The first-order valence-electron chi connectivity index (χ1n) is 9.26. The largest absolute Gasteiger partial charge is 0.313 e. The zero-order chi connectivity index (χ0) is 20.5. The molecule has 1 N–H and O–H groups in total. The second-order valence-electron chi connectivity index (χ2n) is 7.14. The van der Waals surface area contributed by atoms with Gasteiger partial charge in [0, 0.05) is 31.9 Å². The molecule has 29 heavy (non-hydrogen) atoms. The molecule has 6 nitrogen and oxygen atoms in total. The Bertz CT molecular complexity index is 1290. The third-order valence-electron chi connectivity index (χ3n) is 5.02. The van der Waals surface area contributed by atoms with E-state index in [9.17, 15) is 9.59 Å². The number of nitrogens with one attached hydrogen (secondary N) is 1. The predicted octanol–water partition coefficient (Wildman–Crippen LogP) is 3.30. The zero-order valence-electron chi connectivity index (χ0n) is 16.2. The summed E-state index contributed by atoms with van der Waals surface area (Å²) in [4.78, 5) is 27.8. The number of benzene rings is 2. The second-order valence-corrected chi connectivity index (χ2v) is 7.55. The molecule has 0 saturated heterocycles. The van der Waals surface area contributed by atoms with Gasteiger partial charge in [-0.2, -0.15) is 0 Å². The normalized spacial score (nSPS) is 11.4. The molecule has 148 valence electrons. The number of aromatic nitrogens is 3. The first kappa shape index (κ1) is 19.2. The lowest BCUT2D eigenvalue weighted by atomic mass is 10.2. The number of halogens is 1. The average Bonchev–Trinajstić information content (AvgIpc) is 3.02. The van der Waals surface area contributed by atoms with Gasteiger partial charge in [-0.25, -0.2) is 4.68 Å². The average molecular weight is 409 g/mol. The molecule has 0 fully saturated rings. The van der Waals surface area contributed by atoms with Crippen LogP contribution in [-0.2, 0) is 20.1 Å². The van der Waals surface area contributed by atoms with Crippen LogP contribution in [0.25, 0.3) is 16.6 Å². The van der Waals surface area contributed by atoms with Crippen molar-refractivity contribution in [2.45, 2.75) is 13.1 Å². The first-order valence-corrected chi connectivity index (χ1v) is 9.64. The van der Waals surface area contributed by atoms with E-state index in [-0.39, 0.29) is 11.1 Å². The van der Waals surface area contributed by atoms with E-state index in [1.54, 1.807) is 25.2 Å². The summed E-state index contributed by atoms with van der Waals surface area (Å²) in [5.41, 5.74) is 2.47. The molecule has 0 radical (unpaired) electrons. The number of para-hydroxylation sites is 1. The van der Waals surface area contributed by atoms with Crippen LogP contribution in [0, 0.1) is 0 Å². The number of hydrogen-bond donors (Lipinski definition) is 1. The van der Waals surface area contributed by atoms with Crippen LogP contribution in [-0.4, -0.2) is 26.3 Å². The number of fused-ring (bicyclic) bond motifs is 1. The molecule has 0 unspecified atom stereocenters. The second kappa shape index (κ2) is 7.73. The summed E-state index contributed by atoms with van der Waals surface area (Å²) < 4.78 is 2.93. The van der Waals surface area contributed by atoms with E-state index in [1.165, 1.54) is 15.3 Å². The van der Waals surface area contributed by atoms with E-state index in [4.69, 9.17) is 11.6 Å². The van der Waals surface area contributed by atoms with Crippen molar-refractivity contribution >= 4 is 22.5 Å². The highest BCUT2D eigenvalue weighted by molar-refractivity contribution is 6.32. The predicted molar refractivity (Wildman–Crippen MR) is 116 cm³/mol. The van der Waals surface area contributed by atoms with E-state index in [0.29, 0.717) is 40.4 Å². The lowest BCUT2D eigenvalue weighted by Gasteiger charge is -2.19. The van der Waals surface area contributed by atoms with Gasteiger partial charge in [0.1, 0.15) is 0 Å². The van der Waals surface area contributed by atoms with Crippen molar-refractivity contribution in [3.63, 3.8) is 0 Å². The first-order chi connectivity index (χ1) is 14.0. The Morgan fingerprint density at radius 1 is 1.00 bits per heavy atom. The molecule has 0 bridgehead atoms. The van der Waals surface area contributed by atoms with Crippen LogP contribution in [0.15, 0.2) is 70.3 Å². The van der Waals surface area contributed by atoms with Crippen LogP contribution >= 0.6 is 11.6 Å². The van der Waals surface area contributed by atoms with Gasteiger partial charge in [0.2, 0.25) is 0 Å². The molecule has 0 amide bonds. The lowest BCUT2D eigenvalue weighted by Crippen LogP contribution is -2.27. The van der Waals surface area contributed by atoms with Gasteiger partial charge in [-0.1, -0.05) is 54.1 Å². The number of aromatic amines is 1. The monoisotopic (exact) mass is 408 g/mol. The van der Waals surface area contributed by atoms with E-state index in [0.717, 1.165) is 5.56 Å². The van der Waals surface area contributed by atoms with Crippen LogP contribution in [0.5, 0.6) is 0 Å². The van der Waals surface area contributed by atoms with Gasteiger partial charge in [0.25, 0.3) is 11.1 Å². The molecule has 4 rings (SSSR count).